The van der Waals surface area contributed by atoms with Gasteiger partial charge in [0.05, 0.1) is 0 Å². The summed E-state index contributed by atoms with van der Waals surface area (Å²) in [4.78, 5) is 5.26. The van der Waals surface area contributed by atoms with E-state index in [4.69, 9.17) is 4.99 Å². The van der Waals surface area contributed by atoms with Crippen LogP contribution in [0.5, 0.6) is 0 Å². The molecule has 6 heteroatoms. The standard InChI is InChI=1S/C28H46GeN3P.C8H12.Ni/c1-25(2,3)30-24(22-17-14-13-15-18-22)32(26(4,5)6)29-31-20-16-19-23(31)21-33(27(7,8)9)28(10,11)12;1-2-4-6-8-7-5-3-1;/h13-20H,21H2,1-12H3;1-2,7-8H,3-6H2;/p+1/b;2-1-,8-7-;. The number of aromatic nitrogens is 1. The Hall–Kier alpha value is -1.08. The summed E-state index contributed by atoms with van der Waals surface area (Å²) in [5, 5.41) is 0.704. The van der Waals surface area contributed by atoms with Crippen LogP contribution in [0.25, 0.3) is 0 Å². The number of hydrogen-bond acceptors (Lipinski definition) is 1. The molecule has 0 N–H and O–H groups in total. The fourth-order valence-corrected chi connectivity index (χ4v) is 12.0. The van der Waals surface area contributed by atoms with Crippen molar-refractivity contribution < 1.29 is 16.5 Å². The zero-order valence-electron chi connectivity index (χ0n) is 28.6. The molecule has 42 heavy (non-hydrogen) atoms. The van der Waals surface area contributed by atoms with E-state index in [1.165, 1.54) is 43.1 Å². The monoisotopic (exact) mass is 696 g/mol. The number of allylic oxidation sites excluding steroid dienone is 4. The van der Waals surface area contributed by atoms with Gasteiger partial charge in [-0.3, -0.25) is 0 Å². The molecule has 0 saturated heterocycles. The van der Waals surface area contributed by atoms with Crippen LogP contribution >= 0.6 is 7.92 Å². The van der Waals surface area contributed by atoms with Crippen LogP contribution in [0.15, 0.2) is 78.0 Å². The molecule has 0 atom stereocenters. The first-order chi connectivity index (χ1) is 18.9. The molecule has 0 bridgehead atoms. The SMILES string of the molecule is C1=C\CC/C=C\CC/1.CC(C)(C)N=C(c1ccccc1)[N]([Ge][n]1cccc1C[PH+](C(C)(C)C)C(C)(C)C)C(C)(C)C.[Ni]. The molecule has 3 rings (SSSR count). The minimum Gasteiger partial charge on any atom is 0 e. The van der Waals surface area contributed by atoms with Gasteiger partial charge in [-0.05, 0) is 25.7 Å². The third-order valence-electron chi connectivity index (χ3n) is 6.90. The third-order valence-corrected chi connectivity index (χ3v) is 14.9. The maximum Gasteiger partial charge on any atom is 0 e. The Morgan fingerprint density at radius 2 is 1.21 bits per heavy atom. The molecule has 0 aliphatic heterocycles. The molecule has 1 aliphatic rings. The smallest absolute Gasteiger partial charge is 0 e. The average molecular weight is 696 g/mol. The van der Waals surface area contributed by atoms with Gasteiger partial charge in [-0.2, -0.15) is 0 Å². The summed E-state index contributed by atoms with van der Waals surface area (Å²) in [5.41, 5.74) is 2.53. The third kappa shape index (κ3) is 13.7. The van der Waals surface area contributed by atoms with Crippen LogP contribution in [0, 0.1) is 0 Å². The fourth-order valence-electron chi connectivity index (χ4n) is 5.12. The van der Waals surface area contributed by atoms with Crippen molar-refractivity contribution in [2.75, 3.05) is 0 Å². The van der Waals surface area contributed by atoms with Gasteiger partial charge in [-0.15, -0.1) is 0 Å². The molecule has 1 heterocycles. The Kier molecular flexibility index (Phi) is 15.6. The van der Waals surface area contributed by atoms with Crippen molar-refractivity contribution in [2.45, 2.75) is 136 Å². The van der Waals surface area contributed by atoms with Crippen LogP contribution in [-0.4, -0.2) is 50.5 Å². The van der Waals surface area contributed by atoms with Crippen LogP contribution in [-0.2, 0) is 22.7 Å². The van der Waals surface area contributed by atoms with Gasteiger partial charge in [0, 0.05) is 16.5 Å². The van der Waals surface area contributed by atoms with Gasteiger partial charge in [0.1, 0.15) is 0 Å². The van der Waals surface area contributed by atoms with Gasteiger partial charge in [-0.25, -0.2) is 0 Å². The summed E-state index contributed by atoms with van der Waals surface area (Å²) in [6, 6.07) is 15.3. The van der Waals surface area contributed by atoms with Crippen molar-refractivity contribution in [1.29, 1.82) is 0 Å². The van der Waals surface area contributed by atoms with Crippen LogP contribution in [0.2, 0.25) is 0 Å². The molecule has 236 valence electrons. The molecule has 1 aliphatic carbocycles. The topological polar surface area (TPSA) is 20.5 Å². The van der Waals surface area contributed by atoms with Gasteiger partial charge in [0.25, 0.3) is 0 Å². The second-order valence-corrected chi connectivity index (χ2v) is 21.9. The van der Waals surface area contributed by atoms with E-state index in [1.807, 2.05) is 0 Å². The second kappa shape index (κ2) is 16.8. The normalized spacial score (nSPS) is 16.5. The first-order valence-electron chi connectivity index (χ1n) is 15.4. The Balaban J connectivity index is 0.000000843. The van der Waals surface area contributed by atoms with Gasteiger partial charge in [0.2, 0.25) is 0 Å². The Labute approximate surface area is 277 Å². The quantitative estimate of drug-likeness (QED) is 0.100. The van der Waals surface area contributed by atoms with Gasteiger partial charge in [0.15, 0.2) is 0 Å². The number of nitrogens with zero attached hydrogens (tertiary/aromatic N) is 3. The largest absolute Gasteiger partial charge is 0 e. The van der Waals surface area contributed by atoms with Crippen LogP contribution in [0.4, 0.5) is 0 Å². The van der Waals surface area contributed by atoms with E-state index in [0.717, 1.165) is 5.84 Å². The molecule has 3 nitrogen and oxygen atoms in total. The van der Waals surface area contributed by atoms with Gasteiger partial charge < -0.3 is 0 Å². The molecule has 1 aromatic carbocycles. The summed E-state index contributed by atoms with van der Waals surface area (Å²) < 4.78 is 5.17. The van der Waals surface area contributed by atoms with E-state index in [9.17, 15) is 0 Å². The predicted molar refractivity (Wildman–Crippen MR) is 188 cm³/mol. The van der Waals surface area contributed by atoms with Crippen molar-refractivity contribution in [1.82, 2.24) is 7.38 Å². The first-order valence-corrected chi connectivity index (χ1v) is 19.0. The summed E-state index contributed by atoms with van der Waals surface area (Å²) >= 11 is -0.680. The summed E-state index contributed by atoms with van der Waals surface area (Å²) in [5.74, 6) is 1.12. The molecule has 0 fully saturated rings. The Morgan fingerprint density at radius 1 is 0.738 bits per heavy atom. The fraction of sp³-hybridized carbons (Fsp3) is 0.583. The molecule has 0 spiro atoms. The van der Waals surface area contributed by atoms with E-state index in [-0.39, 0.29) is 27.6 Å². The van der Waals surface area contributed by atoms with Crippen molar-refractivity contribution in [3.8, 4) is 0 Å². The summed E-state index contributed by atoms with van der Waals surface area (Å²) in [6.07, 6.45) is 17.5. The first kappa shape index (κ1) is 38.9. The van der Waals surface area contributed by atoms with Crippen molar-refractivity contribution in [3.05, 3.63) is 84.2 Å². The van der Waals surface area contributed by atoms with Gasteiger partial charge >= 0.3 is 213 Å². The van der Waals surface area contributed by atoms with Crippen molar-refractivity contribution >= 4 is 29.6 Å². The van der Waals surface area contributed by atoms with E-state index in [2.05, 4.69) is 163 Å². The molecular formula is C36H59GeN3NiP+. The molecule has 2 radical (unpaired) electrons. The Morgan fingerprint density at radius 3 is 1.62 bits per heavy atom. The van der Waals surface area contributed by atoms with E-state index < -0.39 is 23.8 Å². The molecule has 0 amide bonds. The van der Waals surface area contributed by atoms with E-state index in [0.29, 0.717) is 10.3 Å². The zero-order chi connectivity index (χ0) is 30.9. The number of aliphatic imine (C=N–C) groups is 1. The van der Waals surface area contributed by atoms with Crippen molar-refractivity contribution in [2.24, 2.45) is 4.99 Å². The maximum atomic E-state index is 5.26. The second-order valence-electron chi connectivity index (χ2n) is 15.2. The number of benzene rings is 1. The number of hydrogen-bond donors (Lipinski definition) is 0. The van der Waals surface area contributed by atoms with Gasteiger partial charge in [-0.1, -0.05) is 24.3 Å². The van der Waals surface area contributed by atoms with Crippen LogP contribution < -0.4 is 0 Å². The molecule has 0 unspecified atom stereocenters. The minimum atomic E-state index is -0.680. The maximum absolute atomic E-state index is 5.26. The summed E-state index contributed by atoms with van der Waals surface area (Å²) in [7, 11) is -0.640. The van der Waals surface area contributed by atoms with E-state index >= 15 is 0 Å². The number of rotatable bonds is 5. The summed E-state index contributed by atoms with van der Waals surface area (Å²) in [6.45, 7) is 28.1. The van der Waals surface area contributed by atoms with Crippen molar-refractivity contribution in [3.63, 3.8) is 0 Å². The minimum absolute atomic E-state index is 0. The van der Waals surface area contributed by atoms with E-state index in [1.54, 1.807) is 0 Å². The Bertz CT molecular complexity index is 1100. The molecule has 1 aromatic heterocycles. The number of amidine groups is 1. The molecule has 2 aromatic rings. The predicted octanol–water partition coefficient (Wildman–Crippen LogP) is 10.2. The average Bonchev–Trinajstić information content (AvgIpc) is 3.24. The molecule has 0 saturated carbocycles. The van der Waals surface area contributed by atoms with Crippen LogP contribution in [0.1, 0.15) is 120 Å². The zero-order valence-corrected chi connectivity index (χ0v) is 32.7. The van der Waals surface area contributed by atoms with Crippen LogP contribution in [0.3, 0.4) is 0 Å². The molecular weight excluding hydrogens is 637 g/mol.